The van der Waals surface area contributed by atoms with Crippen LogP contribution in [0, 0.1) is 6.92 Å². The lowest BCUT2D eigenvalue weighted by Crippen LogP contribution is -2.35. The van der Waals surface area contributed by atoms with Crippen LogP contribution < -0.4 is 10.0 Å². The molecule has 0 fully saturated rings. The van der Waals surface area contributed by atoms with Crippen molar-refractivity contribution in [2.75, 3.05) is 13.1 Å². The molecule has 0 aliphatic heterocycles. The average Bonchev–Trinajstić information content (AvgIpc) is 3.35. The molecule has 8 heteroatoms. The number of hydrogen-bond donors (Lipinski definition) is 2. The summed E-state index contributed by atoms with van der Waals surface area (Å²) in [6.45, 7) is 2.31. The maximum atomic E-state index is 12.7. The third-order valence-corrected chi connectivity index (χ3v) is 6.66. The van der Waals surface area contributed by atoms with Crippen LogP contribution in [0.4, 0.5) is 0 Å². The Balaban J connectivity index is 1.42. The molecule has 0 saturated heterocycles. The molecule has 1 heterocycles. The molecule has 2 N–H and O–H groups in total. The average molecular weight is 425 g/mol. The lowest BCUT2D eigenvalue weighted by atomic mass is 10.2. The Hall–Kier alpha value is -2.97. The van der Waals surface area contributed by atoms with Gasteiger partial charge < -0.3 is 5.32 Å². The lowest BCUT2D eigenvalue weighted by Gasteiger charge is -2.08. The summed E-state index contributed by atoms with van der Waals surface area (Å²) in [7, 11) is -3.59. The second kappa shape index (κ2) is 8.41. The van der Waals surface area contributed by atoms with Crippen molar-refractivity contribution in [1.29, 1.82) is 0 Å². The minimum absolute atomic E-state index is 0.101. The highest BCUT2D eigenvalue weighted by Crippen LogP contribution is 2.27. The molecule has 0 saturated carbocycles. The summed E-state index contributed by atoms with van der Waals surface area (Å²) < 4.78 is 28.8. The highest BCUT2D eigenvalue weighted by molar-refractivity contribution is 7.89. The summed E-state index contributed by atoms with van der Waals surface area (Å²) in [5, 5.41) is 7.36. The van der Waals surface area contributed by atoms with Gasteiger partial charge in [-0.1, -0.05) is 35.9 Å². The molecule has 4 rings (SSSR count). The Morgan fingerprint density at radius 3 is 2.50 bits per heavy atom. The Labute approximate surface area is 176 Å². The van der Waals surface area contributed by atoms with Gasteiger partial charge in [-0.05, 0) is 50.5 Å². The molecule has 0 radical (unpaired) electrons. The first-order valence-corrected chi connectivity index (χ1v) is 11.4. The Bertz CT molecular complexity index is 1150. The van der Waals surface area contributed by atoms with Crippen molar-refractivity contribution >= 4 is 15.9 Å². The van der Waals surface area contributed by atoms with Gasteiger partial charge in [-0.2, -0.15) is 5.10 Å². The summed E-state index contributed by atoms with van der Waals surface area (Å²) >= 11 is 0. The van der Waals surface area contributed by atoms with E-state index < -0.39 is 10.0 Å². The fourth-order valence-electron chi connectivity index (χ4n) is 3.65. The Morgan fingerprint density at radius 1 is 1.03 bits per heavy atom. The number of aryl methyl sites for hydroxylation is 1. The van der Waals surface area contributed by atoms with Gasteiger partial charge in [0.2, 0.25) is 10.0 Å². The smallest absolute Gasteiger partial charge is 0.272 e. The van der Waals surface area contributed by atoms with E-state index in [0.29, 0.717) is 5.69 Å². The minimum Gasteiger partial charge on any atom is -0.349 e. The number of rotatable bonds is 7. The highest BCUT2D eigenvalue weighted by atomic mass is 32.2. The van der Waals surface area contributed by atoms with E-state index in [-0.39, 0.29) is 23.9 Å². The van der Waals surface area contributed by atoms with E-state index in [1.54, 1.807) is 18.2 Å². The first kappa shape index (κ1) is 20.3. The molecule has 0 atom stereocenters. The molecule has 1 amide bonds. The van der Waals surface area contributed by atoms with Crippen LogP contribution in [-0.4, -0.2) is 37.2 Å². The fourth-order valence-corrected chi connectivity index (χ4v) is 4.70. The minimum atomic E-state index is -3.59. The lowest BCUT2D eigenvalue weighted by molar-refractivity contribution is 0.0948. The van der Waals surface area contributed by atoms with Crippen LogP contribution in [0.25, 0.3) is 5.69 Å². The SMILES string of the molecule is Cc1ccc(-n2nc(C(=O)NCCNS(=O)(=O)c3ccccc3)c3c2CCC3)cc1. The summed E-state index contributed by atoms with van der Waals surface area (Å²) in [6, 6.07) is 16.2. The normalized spacial score (nSPS) is 13.2. The number of carbonyl (C=O) groups is 1. The summed E-state index contributed by atoms with van der Waals surface area (Å²) in [6.07, 6.45) is 2.71. The molecule has 1 aliphatic rings. The van der Waals surface area contributed by atoms with Crippen molar-refractivity contribution in [3.63, 3.8) is 0 Å². The highest BCUT2D eigenvalue weighted by Gasteiger charge is 2.26. The molecule has 3 aromatic rings. The standard InChI is InChI=1S/C22H24N4O3S/c1-16-10-12-17(13-11-16)26-20-9-5-8-19(20)21(25-26)22(27)23-14-15-24-30(28,29)18-6-3-2-4-7-18/h2-4,6-7,10-13,24H,5,8-9,14-15H2,1H3,(H,23,27). The van der Waals surface area contributed by atoms with Gasteiger partial charge in [0, 0.05) is 24.3 Å². The molecule has 1 aliphatic carbocycles. The first-order valence-electron chi connectivity index (χ1n) is 9.96. The van der Waals surface area contributed by atoms with Gasteiger partial charge in [0.05, 0.1) is 10.6 Å². The maximum absolute atomic E-state index is 12.7. The number of fused-ring (bicyclic) bond motifs is 1. The van der Waals surface area contributed by atoms with Crippen molar-refractivity contribution in [3.8, 4) is 5.69 Å². The number of sulfonamides is 1. The summed E-state index contributed by atoms with van der Waals surface area (Å²) in [5.74, 6) is -0.280. The van der Waals surface area contributed by atoms with E-state index in [1.807, 2.05) is 35.9 Å². The van der Waals surface area contributed by atoms with Crippen LogP contribution in [0.1, 0.15) is 33.7 Å². The predicted octanol–water partition coefficient (Wildman–Crippen LogP) is 2.38. The first-order chi connectivity index (χ1) is 14.5. The predicted molar refractivity (Wildman–Crippen MR) is 114 cm³/mol. The van der Waals surface area contributed by atoms with Gasteiger partial charge in [0.15, 0.2) is 5.69 Å². The number of nitrogens with one attached hydrogen (secondary N) is 2. The molecule has 1 aromatic heterocycles. The van der Waals surface area contributed by atoms with Gasteiger partial charge in [-0.25, -0.2) is 17.8 Å². The maximum Gasteiger partial charge on any atom is 0.272 e. The van der Waals surface area contributed by atoms with Crippen LogP contribution in [-0.2, 0) is 22.9 Å². The zero-order valence-electron chi connectivity index (χ0n) is 16.8. The number of carbonyl (C=O) groups excluding carboxylic acids is 1. The third-order valence-electron chi connectivity index (χ3n) is 5.18. The number of aromatic nitrogens is 2. The largest absolute Gasteiger partial charge is 0.349 e. The topological polar surface area (TPSA) is 93.1 Å². The van der Waals surface area contributed by atoms with Crippen molar-refractivity contribution in [2.45, 2.75) is 31.1 Å². The summed E-state index contributed by atoms with van der Waals surface area (Å²) in [5.41, 5.74) is 4.59. The van der Waals surface area contributed by atoms with E-state index in [4.69, 9.17) is 0 Å². The van der Waals surface area contributed by atoms with Gasteiger partial charge >= 0.3 is 0 Å². The second-order valence-corrected chi connectivity index (χ2v) is 9.11. The molecule has 7 nitrogen and oxygen atoms in total. The van der Waals surface area contributed by atoms with Gasteiger partial charge in [-0.15, -0.1) is 0 Å². The van der Waals surface area contributed by atoms with Crippen LogP contribution in [0.3, 0.4) is 0 Å². The van der Waals surface area contributed by atoms with Gasteiger partial charge in [0.25, 0.3) is 5.91 Å². The number of hydrogen-bond acceptors (Lipinski definition) is 4. The molecule has 0 bridgehead atoms. The van der Waals surface area contributed by atoms with E-state index >= 15 is 0 Å². The van der Waals surface area contributed by atoms with Crippen molar-refractivity contribution in [3.05, 3.63) is 77.1 Å². The molecule has 0 unspecified atom stereocenters. The van der Waals surface area contributed by atoms with Crippen molar-refractivity contribution in [2.24, 2.45) is 0 Å². The van der Waals surface area contributed by atoms with Crippen LogP contribution in [0.2, 0.25) is 0 Å². The quantitative estimate of drug-likeness (QED) is 0.570. The van der Waals surface area contributed by atoms with Crippen molar-refractivity contribution in [1.82, 2.24) is 19.8 Å². The zero-order valence-corrected chi connectivity index (χ0v) is 17.6. The Morgan fingerprint density at radius 2 is 1.77 bits per heavy atom. The fraction of sp³-hybridized carbons (Fsp3) is 0.273. The molecular formula is C22H24N4O3S. The molecule has 2 aromatic carbocycles. The van der Waals surface area contributed by atoms with Crippen molar-refractivity contribution < 1.29 is 13.2 Å². The van der Waals surface area contributed by atoms with Crippen LogP contribution >= 0.6 is 0 Å². The Kier molecular flexibility index (Phi) is 5.69. The molecule has 156 valence electrons. The molecule has 30 heavy (non-hydrogen) atoms. The van der Waals surface area contributed by atoms with E-state index in [0.717, 1.165) is 36.2 Å². The van der Waals surface area contributed by atoms with Crippen LogP contribution in [0.5, 0.6) is 0 Å². The zero-order chi connectivity index (χ0) is 21.1. The second-order valence-electron chi connectivity index (χ2n) is 7.34. The van der Waals surface area contributed by atoms with Gasteiger partial charge in [-0.3, -0.25) is 4.79 Å². The number of nitrogens with zero attached hydrogens (tertiary/aromatic N) is 2. The van der Waals surface area contributed by atoms with E-state index in [2.05, 4.69) is 15.1 Å². The number of benzene rings is 2. The number of amides is 1. The van der Waals surface area contributed by atoms with E-state index in [9.17, 15) is 13.2 Å². The third kappa shape index (κ3) is 4.15. The monoisotopic (exact) mass is 424 g/mol. The molecular weight excluding hydrogens is 400 g/mol. The molecule has 0 spiro atoms. The van der Waals surface area contributed by atoms with E-state index in [1.165, 1.54) is 17.7 Å². The van der Waals surface area contributed by atoms with Crippen LogP contribution in [0.15, 0.2) is 59.5 Å². The van der Waals surface area contributed by atoms with Gasteiger partial charge in [0.1, 0.15) is 0 Å². The summed E-state index contributed by atoms with van der Waals surface area (Å²) in [4.78, 5) is 12.9.